The van der Waals surface area contributed by atoms with Crippen LogP contribution in [0, 0.1) is 0 Å². The van der Waals surface area contributed by atoms with Crippen LogP contribution in [-0.2, 0) is 0 Å². The summed E-state index contributed by atoms with van der Waals surface area (Å²) in [5.41, 5.74) is 0.124. The molecule has 1 unspecified atom stereocenters. The largest absolute Gasteiger partial charge is 0.573 e. The zero-order valence-corrected chi connectivity index (χ0v) is 10.8. The van der Waals surface area contributed by atoms with E-state index < -0.39 is 18.3 Å². The van der Waals surface area contributed by atoms with Crippen molar-refractivity contribution in [3.05, 3.63) is 48.0 Å². The predicted molar refractivity (Wildman–Crippen MR) is 64.7 cm³/mol. The normalized spacial score (nSPS) is 12.8. The lowest BCUT2D eigenvalue weighted by atomic mass is 10.1. The fourth-order valence-corrected chi connectivity index (χ4v) is 1.67. The summed E-state index contributed by atoms with van der Waals surface area (Å²) in [6, 6.07) is 4.44. The van der Waals surface area contributed by atoms with Gasteiger partial charge in [-0.2, -0.15) is 0 Å². The molecule has 1 atom stereocenters. The number of halogens is 4. The first-order chi connectivity index (χ1) is 9.90. The van der Waals surface area contributed by atoms with Crippen LogP contribution in [0.1, 0.15) is 17.4 Å². The zero-order valence-electron chi connectivity index (χ0n) is 10.8. The van der Waals surface area contributed by atoms with E-state index in [2.05, 4.69) is 14.7 Å². The second-order valence-corrected chi connectivity index (χ2v) is 3.96. The van der Waals surface area contributed by atoms with Crippen molar-refractivity contribution in [3.8, 4) is 11.5 Å². The van der Waals surface area contributed by atoms with Crippen LogP contribution in [0.15, 0.2) is 36.8 Å². The van der Waals surface area contributed by atoms with Crippen LogP contribution in [0.2, 0.25) is 0 Å². The molecule has 0 radical (unpaired) electrons. The van der Waals surface area contributed by atoms with Crippen molar-refractivity contribution in [1.29, 1.82) is 0 Å². The molecule has 0 aliphatic carbocycles. The van der Waals surface area contributed by atoms with Gasteiger partial charge in [0.2, 0.25) is 0 Å². The highest BCUT2D eigenvalue weighted by Crippen LogP contribution is 2.32. The van der Waals surface area contributed by atoms with Crippen molar-refractivity contribution >= 4 is 0 Å². The standard InChI is InChI=1S/C13H10F4N2O2/c1-20-10-6-18-7-19-12(10)11(14)8-2-4-9(5-3-8)21-13(15,16)17/h2-7,11H,1H3. The molecule has 4 nitrogen and oxygen atoms in total. The maximum atomic E-state index is 14.4. The fourth-order valence-electron chi connectivity index (χ4n) is 1.67. The Bertz CT molecular complexity index is 602. The van der Waals surface area contributed by atoms with Crippen LogP contribution in [0.4, 0.5) is 17.6 Å². The average molecular weight is 302 g/mol. The van der Waals surface area contributed by atoms with Gasteiger partial charge < -0.3 is 9.47 Å². The Hall–Kier alpha value is -2.38. The lowest BCUT2D eigenvalue weighted by Gasteiger charge is -2.13. The van der Waals surface area contributed by atoms with E-state index in [1.807, 2.05) is 0 Å². The molecule has 1 heterocycles. The molecule has 2 aromatic rings. The van der Waals surface area contributed by atoms with Gasteiger partial charge in [0.1, 0.15) is 17.8 Å². The Labute approximate surface area is 117 Å². The number of hydrogen-bond acceptors (Lipinski definition) is 4. The third-order valence-corrected chi connectivity index (χ3v) is 2.57. The fraction of sp³-hybridized carbons (Fsp3) is 0.231. The Kier molecular flexibility index (Phi) is 4.25. The minimum atomic E-state index is -4.79. The Morgan fingerprint density at radius 3 is 2.38 bits per heavy atom. The summed E-state index contributed by atoms with van der Waals surface area (Å²) in [6.07, 6.45) is -3.98. The van der Waals surface area contributed by atoms with Gasteiger partial charge in [0, 0.05) is 0 Å². The topological polar surface area (TPSA) is 44.2 Å². The maximum Gasteiger partial charge on any atom is 0.573 e. The van der Waals surface area contributed by atoms with Crippen LogP contribution < -0.4 is 9.47 Å². The van der Waals surface area contributed by atoms with Crippen LogP contribution >= 0.6 is 0 Å². The minimum absolute atomic E-state index is 0.00279. The Balaban J connectivity index is 2.22. The minimum Gasteiger partial charge on any atom is -0.493 e. The first-order valence-corrected chi connectivity index (χ1v) is 5.74. The molecule has 1 aromatic carbocycles. The van der Waals surface area contributed by atoms with Crippen LogP contribution in [0.3, 0.4) is 0 Å². The summed E-state index contributed by atoms with van der Waals surface area (Å²) in [6.45, 7) is 0. The van der Waals surface area contributed by atoms with Gasteiger partial charge in [0.25, 0.3) is 0 Å². The van der Waals surface area contributed by atoms with E-state index in [0.717, 1.165) is 18.5 Å². The molecule has 21 heavy (non-hydrogen) atoms. The maximum absolute atomic E-state index is 14.4. The molecular weight excluding hydrogens is 292 g/mol. The van der Waals surface area contributed by atoms with Gasteiger partial charge in [-0.05, 0) is 17.7 Å². The lowest BCUT2D eigenvalue weighted by Crippen LogP contribution is -2.17. The van der Waals surface area contributed by atoms with Gasteiger partial charge in [0.05, 0.1) is 13.3 Å². The highest BCUT2D eigenvalue weighted by Gasteiger charge is 2.31. The average Bonchev–Trinajstić information content (AvgIpc) is 2.45. The van der Waals surface area contributed by atoms with E-state index in [9.17, 15) is 17.6 Å². The Morgan fingerprint density at radius 1 is 1.14 bits per heavy atom. The predicted octanol–water partition coefficient (Wildman–Crippen LogP) is 3.44. The molecule has 0 saturated heterocycles. The number of methoxy groups -OCH3 is 1. The summed E-state index contributed by atoms with van der Waals surface area (Å²) in [5.74, 6) is -0.270. The van der Waals surface area contributed by atoms with Crippen molar-refractivity contribution in [2.24, 2.45) is 0 Å². The van der Waals surface area contributed by atoms with E-state index in [4.69, 9.17) is 4.74 Å². The van der Waals surface area contributed by atoms with Crippen molar-refractivity contribution in [2.45, 2.75) is 12.5 Å². The van der Waals surface area contributed by atoms with Gasteiger partial charge >= 0.3 is 6.36 Å². The van der Waals surface area contributed by atoms with E-state index in [-0.39, 0.29) is 17.0 Å². The quantitative estimate of drug-likeness (QED) is 0.812. The van der Waals surface area contributed by atoms with Crippen LogP contribution in [0.25, 0.3) is 0 Å². The summed E-state index contributed by atoms with van der Waals surface area (Å²) >= 11 is 0. The Morgan fingerprint density at radius 2 is 1.81 bits per heavy atom. The molecule has 0 bridgehead atoms. The summed E-state index contributed by atoms with van der Waals surface area (Å²) < 4.78 is 59.1. The molecule has 8 heteroatoms. The van der Waals surface area contributed by atoms with Gasteiger partial charge in [-0.15, -0.1) is 13.2 Å². The number of aromatic nitrogens is 2. The van der Waals surface area contributed by atoms with Crippen molar-refractivity contribution in [1.82, 2.24) is 9.97 Å². The van der Waals surface area contributed by atoms with Gasteiger partial charge in [0.15, 0.2) is 11.9 Å². The van der Waals surface area contributed by atoms with E-state index >= 15 is 0 Å². The molecule has 0 amide bonds. The number of ether oxygens (including phenoxy) is 2. The highest BCUT2D eigenvalue weighted by molar-refractivity contribution is 5.36. The number of nitrogens with zero attached hydrogens (tertiary/aromatic N) is 2. The molecule has 0 fully saturated rings. The molecule has 0 spiro atoms. The van der Waals surface area contributed by atoms with Gasteiger partial charge in [-0.3, -0.25) is 0 Å². The second kappa shape index (κ2) is 5.94. The molecule has 1 aromatic heterocycles. The summed E-state index contributed by atoms with van der Waals surface area (Å²) in [4.78, 5) is 7.48. The number of hydrogen-bond donors (Lipinski definition) is 0. The molecule has 0 saturated carbocycles. The monoisotopic (exact) mass is 302 g/mol. The number of benzene rings is 1. The van der Waals surface area contributed by atoms with Crippen LogP contribution in [-0.4, -0.2) is 23.4 Å². The van der Waals surface area contributed by atoms with E-state index in [0.29, 0.717) is 0 Å². The number of alkyl halides is 4. The molecule has 0 aliphatic heterocycles. The third-order valence-electron chi connectivity index (χ3n) is 2.57. The first kappa shape index (κ1) is 15.0. The molecule has 112 valence electrons. The van der Waals surface area contributed by atoms with E-state index in [1.54, 1.807) is 0 Å². The zero-order chi connectivity index (χ0) is 15.5. The smallest absolute Gasteiger partial charge is 0.493 e. The lowest BCUT2D eigenvalue weighted by molar-refractivity contribution is -0.274. The third kappa shape index (κ3) is 3.80. The van der Waals surface area contributed by atoms with Gasteiger partial charge in [-0.1, -0.05) is 12.1 Å². The molecule has 2 rings (SSSR count). The van der Waals surface area contributed by atoms with Crippen LogP contribution in [0.5, 0.6) is 11.5 Å². The van der Waals surface area contributed by atoms with Crippen molar-refractivity contribution in [2.75, 3.05) is 7.11 Å². The molecule has 0 N–H and O–H groups in total. The van der Waals surface area contributed by atoms with Crippen molar-refractivity contribution < 1.29 is 27.0 Å². The first-order valence-electron chi connectivity index (χ1n) is 5.74. The summed E-state index contributed by atoms with van der Waals surface area (Å²) in [7, 11) is 1.34. The second-order valence-electron chi connectivity index (χ2n) is 3.96. The summed E-state index contributed by atoms with van der Waals surface area (Å²) in [5, 5.41) is 0. The highest BCUT2D eigenvalue weighted by atomic mass is 19.4. The van der Waals surface area contributed by atoms with Crippen molar-refractivity contribution in [3.63, 3.8) is 0 Å². The van der Waals surface area contributed by atoms with Gasteiger partial charge in [-0.25, -0.2) is 14.4 Å². The molecule has 0 aliphatic rings. The molecular formula is C13H10F4N2O2. The number of rotatable bonds is 4. The SMILES string of the molecule is COc1cncnc1C(F)c1ccc(OC(F)(F)F)cc1. The van der Waals surface area contributed by atoms with E-state index in [1.165, 1.54) is 25.4 Å².